The molecule has 0 aliphatic carbocycles. The fourth-order valence-corrected chi connectivity index (χ4v) is 1.46. The lowest BCUT2D eigenvalue weighted by Crippen LogP contribution is -1.96. The van der Waals surface area contributed by atoms with Crippen molar-refractivity contribution in [2.75, 3.05) is 7.11 Å². The van der Waals surface area contributed by atoms with Crippen molar-refractivity contribution in [3.63, 3.8) is 0 Å². The smallest absolute Gasteiger partial charge is 0.119 e. The average molecular weight is 180 g/mol. The summed E-state index contributed by atoms with van der Waals surface area (Å²) >= 11 is 0. The summed E-state index contributed by atoms with van der Waals surface area (Å²) in [6.07, 6.45) is 0.968. The summed E-state index contributed by atoms with van der Waals surface area (Å²) in [6.45, 7) is 4.21. The van der Waals surface area contributed by atoms with Crippen LogP contribution in [0.15, 0.2) is 12.1 Å². The Morgan fingerprint density at radius 3 is 2.38 bits per heavy atom. The van der Waals surface area contributed by atoms with Gasteiger partial charge in [0.05, 0.1) is 13.7 Å². The Kier molecular flexibility index (Phi) is 3.32. The second-order valence-corrected chi connectivity index (χ2v) is 3.08. The Morgan fingerprint density at radius 2 is 1.92 bits per heavy atom. The molecule has 0 spiro atoms. The van der Waals surface area contributed by atoms with Crippen molar-refractivity contribution < 1.29 is 9.84 Å². The summed E-state index contributed by atoms with van der Waals surface area (Å²) in [5.41, 5.74) is 3.37. The second-order valence-electron chi connectivity index (χ2n) is 3.08. The molecule has 1 aromatic carbocycles. The van der Waals surface area contributed by atoms with Gasteiger partial charge in [-0.1, -0.05) is 6.92 Å². The molecule has 2 heteroatoms. The van der Waals surface area contributed by atoms with Gasteiger partial charge in [0.2, 0.25) is 0 Å². The van der Waals surface area contributed by atoms with Crippen molar-refractivity contribution in [1.82, 2.24) is 0 Å². The minimum Gasteiger partial charge on any atom is -0.497 e. The van der Waals surface area contributed by atoms with Crippen LogP contribution >= 0.6 is 0 Å². The fraction of sp³-hybridized carbons (Fsp3) is 0.455. The quantitative estimate of drug-likeness (QED) is 0.771. The largest absolute Gasteiger partial charge is 0.497 e. The Hall–Kier alpha value is -1.02. The fourth-order valence-electron chi connectivity index (χ4n) is 1.46. The number of hydrogen-bond donors (Lipinski definition) is 1. The predicted molar refractivity (Wildman–Crippen MR) is 53.0 cm³/mol. The zero-order valence-electron chi connectivity index (χ0n) is 8.42. The van der Waals surface area contributed by atoms with Crippen LogP contribution in [0.3, 0.4) is 0 Å². The van der Waals surface area contributed by atoms with E-state index in [9.17, 15) is 0 Å². The van der Waals surface area contributed by atoms with Gasteiger partial charge in [-0.05, 0) is 42.2 Å². The first-order valence-corrected chi connectivity index (χ1v) is 4.50. The molecule has 1 rings (SSSR count). The Labute approximate surface area is 79.2 Å². The van der Waals surface area contributed by atoms with Crippen LogP contribution in [0.5, 0.6) is 5.75 Å². The van der Waals surface area contributed by atoms with Crippen molar-refractivity contribution in [2.24, 2.45) is 0 Å². The van der Waals surface area contributed by atoms with E-state index in [1.54, 1.807) is 7.11 Å². The molecule has 1 N–H and O–H groups in total. The summed E-state index contributed by atoms with van der Waals surface area (Å²) < 4.78 is 5.14. The molecule has 0 fully saturated rings. The molecule has 0 aliphatic rings. The molecule has 13 heavy (non-hydrogen) atoms. The molecule has 0 radical (unpaired) electrons. The molecule has 1 aromatic rings. The number of hydrogen-bond acceptors (Lipinski definition) is 2. The third kappa shape index (κ3) is 2.01. The summed E-state index contributed by atoms with van der Waals surface area (Å²) in [4.78, 5) is 0. The molecule has 72 valence electrons. The lowest BCUT2D eigenvalue weighted by molar-refractivity contribution is 0.280. The molecule has 0 saturated carbocycles. The lowest BCUT2D eigenvalue weighted by Gasteiger charge is -2.10. The van der Waals surface area contributed by atoms with Gasteiger partial charge >= 0.3 is 0 Å². The standard InChI is InChI=1S/C11H16O2/c1-4-9-5-11(13-3)6-10(7-12)8(9)2/h5-6,12H,4,7H2,1-3H3. The highest BCUT2D eigenvalue weighted by atomic mass is 16.5. The van der Waals surface area contributed by atoms with Gasteiger partial charge in [0.1, 0.15) is 5.75 Å². The van der Waals surface area contributed by atoms with E-state index < -0.39 is 0 Å². The monoisotopic (exact) mass is 180 g/mol. The van der Waals surface area contributed by atoms with Crippen LogP contribution in [0, 0.1) is 6.92 Å². The van der Waals surface area contributed by atoms with Gasteiger partial charge in [0, 0.05) is 0 Å². The SMILES string of the molecule is CCc1cc(OC)cc(CO)c1C. The summed E-state index contributed by atoms with van der Waals surface area (Å²) in [5, 5.41) is 9.10. The van der Waals surface area contributed by atoms with Gasteiger partial charge in [-0.25, -0.2) is 0 Å². The zero-order chi connectivity index (χ0) is 9.84. The third-order valence-electron chi connectivity index (χ3n) is 2.38. The molecule has 0 heterocycles. The van der Waals surface area contributed by atoms with Crippen LogP contribution in [0.1, 0.15) is 23.6 Å². The summed E-state index contributed by atoms with van der Waals surface area (Å²) in [7, 11) is 1.64. The molecule has 0 amide bonds. The van der Waals surface area contributed by atoms with Gasteiger partial charge < -0.3 is 9.84 Å². The minimum atomic E-state index is 0.0794. The highest BCUT2D eigenvalue weighted by Crippen LogP contribution is 2.22. The number of rotatable bonds is 3. The third-order valence-corrected chi connectivity index (χ3v) is 2.38. The van der Waals surface area contributed by atoms with E-state index in [4.69, 9.17) is 9.84 Å². The number of aryl methyl sites for hydroxylation is 1. The van der Waals surface area contributed by atoms with Gasteiger partial charge in [0.25, 0.3) is 0 Å². The molecule has 0 saturated heterocycles. The lowest BCUT2D eigenvalue weighted by atomic mass is 10.0. The molecule has 0 aromatic heterocycles. The predicted octanol–water partition coefficient (Wildman–Crippen LogP) is 2.06. The number of methoxy groups -OCH3 is 1. The van der Waals surface area contributed by atoms with E-state index in [2.05, 4.69) is 6.92 Å². The summed E-state index contributed by atoms with van der Waals surface area (Å²) in [6, 6.07) is 3.91. The maximum absolute atomic E-state index is 9.10. The molecule has 2 nitrogen and oxygen atoms in total. The van der Waals surface area contributed by atoms with Crippen molar-refractivity contribution >= 4 is 0 Å². The first-order valence-electron chi connectivity index (χ1n) is 4.50. The highest BCUT2D eigenvalue weighted by Gasteiger charge is 2.05. The highest BCUT2D eigenvalue weighted by molar-refractivity contribution is 5.41. The maximum atomic E-state index is 9.10. The Balaban J connectivity index is 3.20. The van der Waals surface area contributed by atoms with Gasteiger partial charge in [-0.2, -0.15) is 0 Å². The van der Waals surface area contributed by atoms with Crippen molar-refractivity contribution in [3.05, 3.63) is 28.8 Å². The average Bonchev–Trinajstić information content (AvgIpc) is 2.18. The van der Waals surface area contributed by atoms with Crippen LogP contribution in [-0.2, 0) is 13.0 Å². The molecule has 0 atom stereocenters. The van der Waals surface area contributed by atoms with E-state index >= 15 is 0 Å². The number of aliphatic hydroxyl groups excluding tert-OH is 1. The van der Waals surface area contributed by atoms with Crippen molar-refractivity contribution in [3.8, 4) is 5.75 Å². The topological polar surface area (TPSA) is 29.5 Å². The normalized spacial score (nSPS) is 10.2. The molecule has 0 aliphatic heterocycles. The van der Waals surface area contributed by atoms with Gasteiger partial charge in [-0.15, -0.1) is 0 Å². The minimum absolute atomic E-state index is 0.0794. The number of ether oxygens (including phenoxy) is 1. The Bertz CT molecular complexity index is 267. The van der Waals surface area contributed by atoms with Crippen molar-refractivity contribution in [1.29, 1.82) is 0 Å². The zero-order valence-corrected chi connectivity index (χ0v) is 8.42. The van der Waals surface area contributed by atoms with Gasteiger partial charge in [0.15, 0.2) is 0 Å². The van der Waals surface area contributed by atoms with Crippen LogP contribution < -0.4 is 4.74 Å². The first-order chi connectivity index (χ1) is 6.22. The van der Waals surface area contributed by atoms with Crippen LogP contribution in [-0.4, -0.2) is 12.2 Å². The van der Waals surface area contributed by atoms with E-state index in [0.29, 0.717) is 0 Å². The van der Waals surface area contributed by atoms with Gasteiger partial charge in [-0.3, -0.25) is 0 Å². The van der Waals surface area contributed by atoms with E-state index in [1.807, 2.05) is 19.1 Å². The van der Waals surface area contributed by atoms with Crippen LogP contribution in [0.2, 0.25) is 0 Å². The van der Waals surface area contributed by atoms with Crippen molar-refractivity contribution in [2.45, 2.75) is 26.9 Å². The van der Waals surface area contributed by atoms with Crippen LogP contribution in [0.4, 0.5) is 0 Å². The summed E-state index contributed by atoms with van der Waals surface area (Å²) in [5.74, 6) is 0.825. The molecular weight excluding hydrogens is 164 g/mol. The molecular formula is C11H16O2. The second kappa shape index (κ2) is 4.28. The number of benzene rings is 1. The number of aliphatic hydroxyl groups is 1. The van der Waals surface area contributed by atoms with E-state index in [-0.39, 0.29) is 6.61 Å². The molecule has 0 bridgehead atoms. The van der Waals surface area contributed by atoms with E-state index in [0.717, 1.165) is 17.7 Å². The Morgan fingerprint density at radius 1 is 1.31 bits per heavy atom. The first kappa shape index (κ1) is 10.1. The maximum Gasteiger partial charge on any atom is 0.119 e. The molecule has 0 unspecified atom stereocenters. The van der Waals surface area contributed by atoms with Crippen LogP contribution in [0.25, 0.3) is 0 Å². The van der Waals surface area contributed by atoms with E-state index in [1.165, 1.54) is 11.1 Å².